The zero-order valence-corrected chi connectivity index (χ0v) is 8.92. The molecule has 1 aliphatic heterocycles. The van der Waals surface area contributed by atoms with Gasteiger partial charge >= 0.3 is 0 Å². The Morgan fingerprint density at radius 2 is 1.60 bits per heavy atom. The molecule has 0 unspecified atom stereocenters. The lowest BCUT2D eigenvalue weighted by Crippen LogP contribution is -2.29. The van der Waals surface area contributed by atoms with Gasteiger partial charge in [-0.25, -0.2) is 4.90 Å². The van der Waals surface area contributed by atoms with Crippen molar-refractivity contribution < 1.29 is 9.59 Å². The molecular weight excluding hydrogens is 237 g/mol. The zero-order valence-electron chi connectivity index (χ0n) is 7.41. The van der Waals surface area contributed by atoms with Crippen molar-refractivity contribution >= 4 is 40.7 Å². The SMILES string of the molecule is O=C1C=CC(=O)N1c1cc(Cl)ccc1Cl. The molecule has 76 valence electrons. The quantitative estimate of drug-likeness (QED) is 0.709. The van der Waals surface area contributed by atoms with Gasteiger partial charge in [-0.05, 0) is 18.2 Å². The van der Waals surface area contributed by atoms with Crippen LogP contribution in [0.4, 0.5) is 5.69 Å². The van der Waals surface area contributed by atoms with E-state index in [2.05, 4.69) is 0 Å². The average molecular weight is 242 g/mol. The molecule has 0 atom stereocenters. The summed E-state index contributed by atoms with van der Waals surface area (Å²) < 4.78 is 0. The minimum atomic E-state index is -0.413. The third-order valence-corrected chi connectivity index (χ3v) is 2.51. The minimum Gasteiger partial charge on any atom is -0.269 e. The van der Waals surface area contributed by atoms with E-state index in [1.54, 1.807) is 6.07 Å². The lowest BCUT2D eigenvalue weighted by atomic mass is 10.3. The molecule has 2 rings (SSSR count). The Labute approximate surface area is 95.9 Å². The highest BCUT2D eigenvalue weighted by Gasteiger charge is 2.26. The Morgan fingerprint density at radius 3 is 2.20 bits per heavy atom. The van der Waals surface area contributed by atoms with Crippen molar-refractivity contribution in [3.63, 3.8) is 0 Å². The van der Waals surface area contributed by atoms with E-state index in [0.29, 0.717) is 15.7 Å². The van der Waals surface area contributed by atoms with E-state index in [4.69, 9.17) is 23.2 Å². The molecule has 0 radical (unpaired) electrons. The van der Waals surface area contributed by atoms with Crippen LogP contribution in [0.3, 0.4) is 0 Å². The van der Waals surface area contributed by atoms with Crippen molar-refractivity contribution in [3.8, 4) is 0 Å². The molecule has 1 aromatic carbocycles. The van der Waals surface area contributed by atoms with Crippen LogP contribution in [-0.2, 0) is 9.59 Å². The Hall–Kier alpha value is -1.32. The molecule has 1 heterocycles. The third-order valence-electron chi connectivity index (χ3n) is 1.96. The monoisotopic (exact) mass is 241 g/mol. The van der Waals surface area contributed by atoms with Crippen LogP contribution in [-0.4, -0.2) is 11.8 Å². The molecule has 0 saturated carbocycles. The van der Waals surface area contributed by atoms with Crippen molar-refractivity contribution in [2.75, 3.05) is 4.90 Å². The molecule has 0 fully saturated rings. The van der Waals surface area contributed by atoms with Gasteiger partial charge in [0.15, 0.2) is 0 Å². The van der Waals surface area contributed by atoms with Gasteiger partial charge < -0.3 is 0 Å². The maximum Gasteiger partial charge on any atom is 0.258 e. The first-order chi connectivity index (χ1) is 7.09. The smallest absolute Gasteiger partial charge is 0.258 e. The largest absolute Gasteiger partial charge is 0.269 e. The van der Waals surface area contributed by atoms with Crippen molar-refractivity contribution in [1.82, 2.24) is 0 Å². The summed E-state index contributed by atoms with van der Waals surface area (Å²) in [6, 6.07) is 4.61. The molecule has 15 heavy (non-hydrogen) atoms. The van der Waals surface area contributed by atoms with E-state index in [1.807, 2.05) is 0 Å². The lowest BCUT2D eigenvalue weighted by Gasteiger charge is -2.15. The molecule has 0 aromatic heterocycles. The van der Waals surface area contributed by atoms with E-state index in [0.717, 1.165) is 4.90 Å². The fourth-order valence-electron chi connectivity index (χ4n) is 1.29. The Kier molecular flexibility index (Phi) is 2.50. The summed E-state index contributed by atoms with van der Waals surface area (Å²) in [7, 11) is 0. The molecule has 1 aliphatic rings. The number of nitrogens with zero attached hydrogens (tertiary/aromatic N) is 1. The van der Waals surface area contributed by atoms with Gasteiger partial charge in [0.1, 0.15) is 0 Å². The number of rotatable bonds is 1. The molecule has 0 N–H and O–H groups in total. The number of carbonyl (C=O) groups excluding carboxylic acids is 2. The van der Waals surface area contributed by atoms with Crippen LogP contribution in [0.1, 0.15) is 0 Å². The Morgan fingerprint density at radius 1 is 1.00 bits per heavy atom. The molecule has 3 nitrogen and oxygen atoms in total. The van der Waals surface area contributed by atoms with Crippen LogP contribution in [0.25, 0.3) is 0 Å². The van der Waals surface area contributed by atoms with Crippen LogP contribution < -0.4 is 4.90 Å². The van der Waals surface area contributed by atoms with Crippen LogP contribution in [0.2, 0.25) is 10.0 Å². The van der Waals surface area contributed by atoms with Gasteiger partial charge in [-0.1, -0.05) is 23.2 Å². The predicted molar refractivity (Wildman–Crippen MR) is 58.1 cm³/mol. The van der Waals surface area contributed by atoms with Crippen molar-refractivity contribution in [1.29, 1.82) is 0 Å². The second-order valence-corrected chi connectivity index (χ2v) is 3.78. The van der Waals surface area contributed by atoms with Gasteiger partial charge in [0.05, 0.1) is 10.7 Å². The second kappa shape index (κ2) is 3.68. The van der Waals surface area contributed by atoms with E-state index in [1.165, 1.54) is 24.3 Å². The summed E-state index contributed by atoms with van der Waals surface area (Å²) in [4.78, 5) is 23.7. The fraction of sp³-hybridized carbons (Fsp3) is 0. The first-order valence-electron chi connectivity index (χ1n) is 4.11. The van der Waals surface area contributed by atoms with Crippen LogP contribution >= 0.6 is 23.2 Å². The van der Waals surface area contributed by atoms with E-state index in [-0.39, 0.29) is 0 Å². The molecule has 0 aliphatic carbocycles. The number of benzene rings is 1. The molecule has 0 bridgehead atoms. The number of amides is 2. The van der Waals surface area contributed by atoms with Gasteiger partial charge in [-0.15, -0.1) is 0 Å². The standard InChI is InChI=1S/C10H5Cl2NO2/c11-6-1-2-7(12)8(5-6)13-9(14)3-4-10(13)15/h1-5H. The number of carbonyl (C=O) groups is 2. The van der Waals surface area contributed by atoms with E-state index >= 15 is 0 Å². The van der Waals surface area contributed by atoms with Gasteiger partial charge in [0.2, 0.25) is 0 Å². The first-order valence-corrected chi connectivity index (χ1v) is 4.86. The minimum absolute atomic E-state index is 0.309. The number of imide groups is 1. The topological polar surface area (TPSA) is 37.4 Å². The predicted octanol–water partition coefficient (Wildman–Crippen LogP) is 2.42. The summed E-state index contributed by atoms with van der Waals surface area (Å²) in [5.41, 5.74) is 0.309. The number of hydrogen-bond donors (Lipinski definition) is 0. The normalized spacial score (nSPS) is 15.2. The summed E-state index contributed by atoms with van der Waals surface area (Å²) in [5.74, 6) is -0.826. The first kappa shape index (κ1) is 10.2. The summed E-state index contributed by atoms with van der Waals surface area (Å²) >= 11 is 11.6. The highest BCUT2D eigenvalue weighted by atomic mass is 35.5. The molecular formula is C10H5Cl2NO2. The second-order valence-electron chi connectivity index (χ2n) is 2.94. The van der Waals surface area contributed by atoms with Gasteiger partial charge in [0.25, 0.3) is 11.8 Å². The maximum absolute atomic E-state index is 11.4. The molecule has 0 saturated heterocycles. The van der Waals surface area contributed by atoms with E-state index < -0.39 is 11.8 Å². The molecule has 1 aromatic rings. The highest BCUT2D eigenvalue weighted by molar-refractivity contribution is 6.38. The van der Waals surface area contributed by atoms with Gasteiger partial charge in [0, 0.05) is 17.2 Å². The molecule has 5 heteroatoms. The van der Waals surface area contributed by atoms with Crippen LogP contribution in [0.5, 0.6) is 0 Å². The Balaban J connectivity index is 2.50. The zero-order chi connectivity index (χ0) is 11.0. The van der Waals surface area contributed by atoms with Gasteiger partial charge in [-0.3, -0.25) is 9.59 Å². The maximum atomic E-state index is 11.4. The molecule has 2 amide bonds. The van der Waals surface area contributed by atoms with Crippen LogP contribution in [0, 0.1) is 0 Å². The lowest BCUT2D eigenvalue weighted by molar-refractivity contribution is -0.119. The Bertz CT molecular complexity index is 464. The summed E-state index contributed by atoms with van der Waals surface area (Å²) in [5, 5.41) is 0.728. The van der Waals surface area contributed by atoms with E-state index in [9.17, 15) is 9.59 Å². The number of halogens is 2. The third kappa shape index (κ3) is 1.76. The summed E-state index contributed by atoms with van der Waals surface area (Å²) in [6.45, 7) is 0. The van der Waals surface area contributed by atoms with Crippen molar-refractivity contribution in [2.45, 2.75) is 0 Å². The number of hydrogen-bond acceptors (Lipinski definition) is 2. The van der Waals surface area contributed by atoms with Gasteiger partial charge in [-0.2, -0.15) is 0 Å². The highest BCUT2D eigenvalue weighted by Crippen LogP contribution is 2.30. The number of anilines is 1. The average Bonchev–Trinajstić information content (AvgIpc) is 2.51. The fourth-order valence-corrected chi connectivity index (χ4v) is 1.66. The summed E-state index contributed by atoms with van der Waals surface area (Å²) in [6.07, 6.45) is 2.39. The molecule has 0 spiro atoms. The van der Waals surface area contributed by atoms with Crippen molar-refractivity contribution in [2.24, 2.45) is 0 Å². The van der Waals surface area contributed by atoms with Crippen LogP contribution in [0.15, 0.2) is 30.4 Å². The van der Waals surface area contributed by atoms with Crippen molar-refractivity contribution in [3.05, 3.63) is 40.4 Å².